The third-order valence-electron chi connectivity index (χ3n) is 8.95. The number of anilines is 2. The normalized spacial score (nSPS) is 11.7. The molecule has 0 amide bonds. The van der Waals surface area contributed by atoms with Crippen LogP contribution in [0.5, 0.6) is 0 Å². The molecule has 0 spiro atoms. The Morgan fingerprint density at radius 3 is 1.65 bits per heavy atom. The molecule has 0 fully saturated rings. The molecular formula is C42H27N. The third kappa shape index (κ3) is 3.94. The molecule has 1 heteroatoms. The van der Waals surface area contributed by atoms with Crippen LogP contribution in [-0.4, -0.2) is 0 Å². The van der Waals surface area contributed by atoms with Crippen molar-refractivity contribution in [1.29, 1.82) is 0 Å². The minimum Gasteiger partial charge on any atom is -0.356 e. The molecule has 8 aromatic carbocycles. The van der Waals surface area contributed by atoms with Gasteiger partial charge in [0.1, 0.15) is 0 Å². The first kappa shape index (κ1) is 24.0. The molecule has 0 saturated heterocycles. The largest absolute Gasteiger partial charge is 0.356 e. The molecule has 1 N–H and O–H groups in total. The van der Waals surface area contributed by atoms with Crippen LogP contribution in [0, 0.1) is 0 Å². The second-order valence-corrected chi connectivity index (χ2v) is 11.5. The lowest BCUT2D eigenvalue weighted by Crippen LogP contribution is -1.90. The summed E-state index contributed by atoms with van der Waals surface area (Å²) in [6, 6.07) is 57.4. The van der Waals surface area contributed by atoms with E-state index in [2.05, 4.69) is 163 Å². The van der Waals surface area contributed by atoms with E-state index in [9.17, 15) is 0 Å². The maximum Gasteiger partial charge on any atom is 0.0384 e. The molecule has 9 rings (SSSR count). The van der Waals surface area contributed by atoms with Crippen molar-refractivity contribution in [2.75, 3.05) is 5.32 Å². The molecule has 1 aliphatic carbocycles. The Balaban J connectivity index is 0.974. The molecular weight excluding hydrogens is 518 g/mol. The van der Waals surface area contributed by atoms with E-state index in [-0.39, 0.29) is 0 Å². The van der Waals surface area contributed by atoms with Crippen LogP contribution in [0.4, 0.5) is 11.4 Å². The van der Waals surface area contributed by atoms with Crippen molar-refractivity contribution in [1.82, 2.24) is 0 Å². The van der Waals surface area contributed by atoms with Crippen LogP contribution in [0.25, 0.3) is 76.8 Å². The van der Waals surface area contributed by atoms with Crippen LogP contribution in [0.1, 0.15) is 0 Å². The second kappa shape index (κ2) is 9.44. The first-order valence-electron chi connectivity index (χ1n) is 14.8. The molecule has 0 bridgehead atoms. The first-order valence-corrected chi connectivity index (χ1v) is 14.8. The number of hydrogen-bond donors (Lipinski definition) is 1. The lowest BCUT2D eigenvalue weighted by molar-refractivity contribution is 1.54. The predicted molar refractivity (Wildman–Crippen MR) is 184 cm³/mol. The molecule has 0 unspecified atom stereocenters. The van der Waals surface area contributed by atoms with Crippen molar-refractivity contribution in [2.45, 2.75) is 0 Å². The maximum absolute atomic E-state index is 3.58. The van der Waals surface area contributed by atoms with Gasteiger partial charge in [0.15, 0.2) is 0 Å². The fourth-order valence-electron chi connectivity index (χ4n) is 6.84. The van der Waals surface area contributed by atoms with Gasteiger partial charge >= 0.3 is 0 Å². The van der Waals surface area contributed by atoms with Gasteiger partial charge in [0, 0.05) is 11.4 Å². The Labute approximate surface area is 250 Å². The number of fused-ring (bicyclic) bond motifs is 6. The zero-order valence-electron chi connectivity index (χ0n) is 23.5. The van der Waals surface area contributed by atoms with E-state index in [0.29, 0.717) is 0 Å². The predicted octanol–water partition coefficient (Wildman–Crippen LogP) is 11.9. The molecule has 43 heavy (non-hydrogen) atoms. The van der Waals surface area contributed by atoms with Crippen molar-refractivity contribution >= 4 is 43.7 Å². The van der Waals surface area contributed by atoms with Crippen LogP contribution in [0.15, 0.2) is 158 Å². The SMILES string of the molecule is c1ccc2c(c1)-c1cccc3cc(-c4ccc(Nc5ccc(-c6ccc7c(ccc8ccccc87)c6)cc5)cc4)cc-2c13. The lowest BCUT2D eigenvalue weighted by Gasteiger charge is -2.11. The lowest BCUT2D eigenvalue weighted by atomic mass is 9.96. The monoisotopic (exact) mass is 545 g/mol. The van der Waals surface area contributed by atoms with E-state index < -0.39 is 0 Å². The highest BCUT2D eigenvalue weighted by Crippen LogP contribution is 2.48. The molecule has 0 aliphatic heterocycles. The molecule has 0 aromatic heterocycles. The van der Waals surface area contributed by atoms with E-state index >= 15 is 0 Å². The highest BCUT2D eigenvalue weighted by Gasteiger charge is 2.21. The Morgan fingerprint density at radius 2 is 0.860 bits per heavy atom. The Morgan fingerprint density at radius 1 is 0.302 bits per heavy atom. The fourth-order valence-corrected chi connectivity index (χ4v) is 6.84. The number of rotatable bonds is 4. The minimum absolute atomic E-state index is 1.08. The van der Waals surface area contributed by atoms with Crippen molar-refractivity contribution < 1.29 is 0 Å². The topological polar surface area (TPSA) is 12.0 Å². The van der Waals surface area contributed by atoms with Crippen molar-refractivity contribution in [2.24, 2.45) is 0 Å². The van der Waals surface area contributed by atoms with Gasteiger partial charge in [0.25, 0.3) is 0 Å². The molecule has 200 valence electrons. The summed E-state index contributed by atoms with van der Waals surface area (Å²) in [7, 11) is 0. The molecule has 0 saturated carbocycles. The van der Waals surface area contributed by atoms with Gasteiger partial charge in [0.05, 0.1) is 0 Å². The Kier molecular flexibility index (Phi) is 5.27. The molecule has 0 atom stereocenters. The van der Waals surface area contributed by atoms with Gasteiger partial charge < -0.3 is 5.32 Å². The van der Waals surface area contributed by atoms with Crippen LogP contribution in [0.3, 0.4) is 0 Å². The average molecular weight is 546 g/mol. The number of benzene rings is 8. The fraction of sp³-hybridized carbons (Fsp3) is 0. The standard InChI is InChI=1S/C42H27N/c1-2-8-36-29(6-1)12-13-31-24-30(18-23-37(31)36)27-14-19-34(20-15-27)43-35-21-16-28(17-22-35)33-25-32-7-5-11-40-38-9-3-4-10-39(38)41(26-33)42(32)40/h1-26,43H. The van der Waals surface area contributed by atoms with Gasteiger partial charge in [-0.15, -0.1) is 0 Å². The maximum atomic E-state index is 3.58. The molecule has 0 heterocycles. The van der Waals surface area contributed by atoms with Gasteiger partial charge in [-0.3, -0.25) is 0 Å². The smallest absolute Gasteiger partial charge is 0.0384 e. The second-order valence-electron chi connectivity index (χ2n) is 11.5. The van der Waals surface area contributed by atoms with E-state index in [4.69, 9.17) is 0 Å². The number of hydrogen-bond acceptors (Lipinski definition) is 1. The third-order valence-corrected chi connectivity index (χ3v) is 8.95. The summed E-state index contributed by atoms with van der Waals surface area (Å²) in [6.45, 7) is 0. The summed E-state index contributed by atoms with van der Waals surface area (Å²) in [5.41, 5.74) is 12.4. The summed E-state index contributed by atoms with van der Waals surface area (Å²) in [5.74, 6) is 0. The van der Waals surface area contributed by atoms with E-state index in [1.54, 1.807) is 0 Å². The summed E-state index contributed by atoms with van der Waals surface area (Å²) in [5, 5.41) is 11.4. The highest BCUT2D eigenvalue weighted by atomic mass is 14.9. The van der Waals surface area contributed by atoms with Crippen molar-refractivity contribution in [3.63, 3.8) is 0 Å². The molecule has 1 nitrogen and oxygen atoms in total. The van der Waals surface area contributed by atoms with E-state index in [0.717, 1.165) is 11.4 Å². The summed E-state index contributed by atoms with van der Waals surface area (Å²) < 4.78 is 0. The molecule has 1 aliphatic rings. The first-order chi connectivity index (χ1) is 21.3. The van der Waals surface area contributed by atoms with Gasteiger partial charge in [-0.1, -0.05) is 115 Å². The summed E-state index contributed by atoms with van der Waals surface area (Å²) in [6.07, 6.45) is 0. The van der Waals surface area contributed by atoms with Gasteiger partial charge in [0.2, 0.25) is 0 Å². The Bertz CT molecular complexity index is 2340. The van der Waals surface area contributed by atoms with Gasteiger partial charge in [-0.2, -0.15) is 0 Å². The zero-order valence-corrected chi connectivity index (χ0v) is 23.5. The van der Waals surface area contributed by atoms with Crippen LogP contribution in [-0.2, 0) is 0 Å². The minimum atomic E-state index is 1.08. The van der Waals surface area contributed by atoms with Crippen molar-refractivity contribution in [3.8, 4) is 44.5 Å². The Hall–Kier alpha value is -5.66. The zero-order chi connectivity index (χ0) is 28.3. The van der Waals surface area contributed by atoms with Gasteiger partial charge in [-0.05, 0) is 119 Å². The van der Waals surface area contributed by atoms with Gasteiger partial charge in [-0.25, -0.2) is 0 Å². The van der Waals surface area contributed by atoms with Crippen LogP contribution >= 0.6 is 0 Å². The average Bonchev–Trinajstić information content (AvgIpc) is 3.40. The molecule has 0 radical (unpaired) electrons. The quantitative estimate of drug-likeness (QED) is 0.217. The summed E-state index contributed by atoms with van der Waals surface area (Å²) >= 11 is 0. The molecule has 8 aromatic rings. The van der Waals surface area contributed by atoms with Crippen LogP contribution < -0.4 is 5.32 Å². The van der Waals surface area contributed by atoms with Crippen molar-refractivity contribution in [3.05, 3.63) is 158 Å². The highest BCUT2D eigenvalue weighted by molar-refractivity contribution is 6.16. The number of nitrogens with one attached hydrogen (secondary N) is 1. The van der Waals surface area contributed by atoms with E-state index in [1.165, 1.54) is 76.8 Å². The van der Waals surface area contributed by atoms with E-state index in [1.807, 2.05) is 0 Å². The van der Waals surface area contributed by atoms with Crippen LogP contribution in [0.2, 0.25) is 0 Å². The summed E-state index contributed by atoms with van der Waals surface area (Å²) in [4.78, 5) is 0.